The molecular weight excluding hydrogens is 639 g/mol. The summed E-state index contributed by atoms with van der Waals surface area (Å²) in [5.74, 6) is -0.556. The molecule has 0 saturated carbocycles. The lowest BCUT2D eigenvalue weighted by Crippen LogP contribution is -2.54. The van der Waals surface area contributed by atoms with Crippen LogP contribution in [-0.4, -0.2) is 25.0 Å². The molecule has 1 fully saturated rings. The summed E-state index contributed by atoms with van der Waals surface area (Å²) in [4.78, 5) is 39.4. The molecule has 36 heavy (non-hydrogen) atoms. The molecule has 4 amide bonds. The number of carbonyl (C=O) groups excluding carboxylic acids is 3. The first kappa shape index (κ1) is 25.9. The zero-order valence-corrected chi connectivity index (χ0v) is 23.5. The summed E-state index contributed by atoms with van der Waals surface area (Å²) in [7, 11) is 1.51. The number of amides is 4. The van der Waals surface area contributed by atoms with Crippen LogP contribution < -0.4 is 19.7 Å². The Morgan fingerprint density at radius 1 is 1.00 bits per heavy atom. The van der Waals surface area contributed by atoms with Gasteiger partial charge in [0.05, 0.1) is 17.3 Å². The Morgan fingerprint density at radius 2 is 1.67 bits per heavy atom. The highest BCUT2D eigenvalue weighted by molar-refractivity contribution is 14.1. The molecule has 1 saturated heterocycles. The van der Waals surface area contributed by atoms with Gasteiger partial charge in [-0.3, -0.25) is 14.9 Å². The summed E-state index contributed by atoms with van der Waals surface area (Å²) in [5, 5.41) is 2.26. The molecule has 1 aliphatic heterocycles. The molecular formula is C27H22BrIN2O5. The number of imide groups is 2. The molecule has 1 heterocycles. The topological polar surface area (TPSA) is 84.9 Å². The van der Waals surface area contributed by atoms with E-state index in [1.165, 1.54) is 13.2 Å². The number of halogens is 2. The van der Waals surface area contributed by atoms with Gasteiger partial charge < -0.3 is 9.47 Å². The number of benzene rings is 3. The Balaban J connectivity index is 1.65. The second-order valence-corrected chi connectivity index (χ2v) is 10.4. The van der Waals surface area contributed by atoms with Crippen LogP contribution in [0.15, 0.2) is 64.6 Å². The van der Waals surface area contributed by atoms with Gasteiger partial charge in [-0.1, -0.05) is 18.2 Å². The van der Waals surface area contributed by atoms with E-state index in [0.717, 1.165) is 25.2 Å². The van der Waals surface area contributed by atoms with Crippen LogP contribution in [0.1, 0.15) is 22.3 Å². The monoisotopic (exact) mass is 660 g/mol. The van der Waals surface area contributed by atoms with Crippen LogP contribution in [0.5, 0.6) is 11.5 Å². The van der Waals surface area contributed by atoms with Crippen molar-refractivity contribution < 1.29 is 23.9 Å². The summed E-state index contributed by atoms with van der Waals surface area (Å²) in [6.07, 6.45) is 1.43. The number of ether oxygens (including phenoxy) is 2. The number of nitrogens with zero attached hydrogens (tertiary/aromatic N) is 1. The maximum atomic E-state index is 13.3. The van der Waals surface area contributed by atoms with E-state index in [9.17, 15) is 14.4 Å². The number of carbonyl (C=O) groups is 3. The molecule has 0 spiro atoms. The molecule has 3 aromatic carbocycles. The number of anilines is 1. The second kappa shape index (κ2) is 10.8. The number of aryl methyl sites for hydroxylation is 2. The quantitative estimate of drug-likeness (QED) is 0.202. The molecule has 1 N–H and O–H groups in total. The normalized spacial score (nSPS) is 14.8. The average Bonchev–Trinajstić information content (AvgIpc) is 2.81. The number of methoxy groups -OCH3 is 1. The highest BCUT2D eigenvalue weighted by atomic mass is 127. The van der Waals surface area contributed by atoms with Crippen molar-refractivity contribution in [1.29, 1.82) is 0 Å². The lowest BCUT2D eigenvalue weighted by molar-refractivity contribution is -0.122. The number of hydrogen-bond donors (Lipinski definition) is 1. The maximum Gasteiger partial charge on any atom is 0.335 e. The molecule has 0 bridgehead atoms. The minimum Gasteiger partial charge on any atom is -0.493 e. The average molecular weight is 661 g/mol. The van der Waals surface area contributed by atoms with Gasteiger partial charge in [-0.15, -0.1) is 0 Å². The van der Waals surface area contributed by atoms with Crippen molar-refractivity contribution in [3.8, 4) is 11.5 Å². The number of nitrogens with one attached hydrogen (secondary N) is 1. The number of barbiturate groups is 1. The summed E-state index contributed by atoms with van der Waals surface area (Å²) < 4.78 is 13.2. The van der Waals surface area contributed by atoms with Crippen molar-refractivity contribution in [3.63, 3.8) is 0 Å². The summed E-state index contributed by atoms with van der Waals surface area (Å²) in [6.45, 7) is 4.08. The zero-order valence-electron chi connectivity index (χ0n) is 19.7. The van der Waals surface area contributed by atoms with Crippen LogP contribution in [-0.2, 0) is 16.2 Å². The van der Waals surface area contributed by atoms with Crippen molar-refractivity contribution in [3.05, 3.63) is 90.5 Å². The van der Waals surface area contributed by atoms with Crippen molar-refractivity contribution in [2.24, 2.45) is 0 Å². The maximum absolute atomic E-state index is 13.3. The SMILES string of the molecule is COc1cc(/C=C2\C(=O)NC(=O)N(c3cc(C)cc(C)c3)C2=O)cc(Br)c1OCc1ccc(I)cc1. The van der Waals surface area contributed by atoms with Crippen molar-refractivity contribution in [1.82, 2.24) is 5.32 Å². The molecule has 0 atom stereocenters. The highest BCUT2D eigenvalue weighted by Gasteiger charge is 2.37. The first-order chi connectivity index (χ1) is 17.2. The van der Waals surface area contributed by atoms with E-state index >= 15 is 0 Å². The predicted molar refractivity (Wildman–Crippen MR) is 149 cm³/mol. The molecule has 9 heteroatoms. The van der Waals surface area contributed by atoms with Gasteiger partial charge in [-0.2, -0.15) is 0 Å². The predicted octanol–water partition coefficient (Wildman–Crippen LogP) is 5.92. The molecule has 4 rings (SSSR count). The third kappa shape index (κ3) is 5.62. The molecule has 0 radical (unpaired) electrons. The van der Waals surface area contributed by atoms with E-state index in [1.54, 1.807) is 24.3 Å². The van der Waals surface area contributed by atoms with E-state index in [0.29, 0.717) is 33.8 Å². The van der Waals surface area contributed by atoms with Crippen molar-refractivity contribution in [2.75, 3.05) is 12.0 Å². The number of urea groups is 1. The molecule has 0 unspecified atom stereocenters. The summed E-state index contributed by atoms with van der Waals surface area (Å²) >= 11 is 5.75. The number of hydrogen-bond acceptors (Lipinski definition) is 5. The Labute approximate surface area is 230 Å². The lowest BCUT2D eigenvalue weighted by Gasteiger charge is -2.27. The fourth-order valence-electron chi connectivity index (χ4n) is 3.84. The van der Waals surface area contributed by atoms with Crippen LogP contribution in [0.2, 0.25) is 0 Å². The third-order valence-electron chi connectivity index (χ3n) is 5.43. The Hall–Kier alpha value is -3.18. The highest BCUT2D eigenvalue weighted by Crippen LogP contribution is 2.38. The van der Waals surface area contributed by atoms with Gasteiger partial charge in [0.15, 0.2) is 11.5 Å². The first-order valence-corrected chi connectivity index (χ1v) is 12.8. The van der Waals surface area contributed by atoms with Crippen LogP contribution >= 0.6 is 38.5 Å². The molecule has 3 aromatic rings. The third-order valence-corrected chi connectivity index (χ3v) is 6.73. The van der Waals surface area contributed by atoms with Gasteiger partial charge in [0.1, 0.15) is 12.2 Å². The molecule has 0 aliphatic carbocycles. The standard InChI is InChI=1S/C27H22BrIN2O5/c1-15-8-16(2)10-20(9-15)31-26(33)21(25(32)30-27(31)34)11-18-12-22(28)24(23(13-18)35-3)36-14-17-4-6-19(29)7-5-17/h4-13H,14H2,1-3H3,(H,30,32,34)/b21-11+. The number of rotatable bonds is 6. The van der Waals surface area contributed by atoms with Crippen LogP contribution in [0.25, 0.3) is 6.08 Å². The smallest absolute Gasteiger partial charge is 0.335 e. The second-order valence-electron chi connectivity index (χ2n) is 8.25. The van der Waals surface area contributed by atoms with Crippen LogP contribution in [0, 0.1) is 17.4 Å². The van der Waals surface area contributed by atoms with Crippen LogP contribution in [0.4, 0.5) is 10.5 Å². The Morgan fingerprint density at radius 3 is 2.31 bits per heavy atom. The van der Waals surface area contributed by atoms with E-state index in [2.05, 4.69) is 43.8 Å². The van der Waals surface area contributed by atoms with Gasteiger partial charge in [0, 0.05) is 3.57 Å². The molecule has 7 nitrogen and oxygen atoms in total. The van der Waals surface area contributed by atoms with Gasteiger partial charge in [-0.25, -0.2) is 9.69 Å². The van der Waals surface area contributed by atoms with Gasteiger partial charge in [0.2, 0.25) is 0 Å². The lowest BCUT2D eigenvalue weighted by atomic mass is 10.0. The summed E-state index contributed by atoms with van der Waals surface area (Å²) in [6, 6.07) is 15.9. The minimum atomic E-state index is -0.787. The van der Waals surface area contributed by atoms with Crippen molar-refractivity contribution in [2.45, 2.75) is 20.5 Å². The van der Waals surface area contributed by atoms with E-state index in [4.69, 9.17) is 9.47 Å². The largest absolute Gasteiger partial charge is 0.493 e. The van der Waals surface area contributed by atoms with E-state index in [-0.39, 0.29) is 5.57 Å². The van der Waals surface area contributed by atoms with E-state index in [1.807, 2.05) is 44.2 Å². The van der Waals surface area contributed by atoms with Crippen molar-refractivity contribution >= 4 is 68.1 Å². The molecule has 0 aromatic heterocycles. The van der Waals surface area contributed by atoms with Gasteiger partial charge in [0.25, 0.3) is 11.8 Å². The molecule has 184 valence electrons. The van der Waals surface area contributed by atoms with Crippen LogP contribution in [0.3, 0.4) is 0 Å². The Kier molecular flexibility index (Phi) is 7.79. The first-order valence-electron chi connectivity index (χ1n) is 10.9. The minimum absolute atomic E-state index is 0.171. The van der Waals surface area contributed by atoms with E-state index < -0.39 is 17.8 Å². The molecule has 1 aliphatic rings. The Bertz CT molecular complexity index is 1380. The fourth-order valence-corrected chi connectivity index (χ4v) is 4.77. The van der Waals surface area contributed by atoms with Gasteiger partial charge >= 0.3 is 6.03 Å². The van der Waals surface area contributed by atoms with Gasteiger partial charge in [-0.05, 0) is 117 Å². The zero-order chi connectivity index (χ0) is 26.0. The summed E-state index contributed by atoms with van der Waals surface area (Å²) in [5.41, 5.74) is 3.52. The fraction of sp³-hybridized carbons (Fsp3) is 0.148.